The van der Waals surface area contributed by atoms with Gasteiger partial charge >= 0.3 is 0 Å². The summed E-state index contributed by atoms with van der Waals surface area (Å²) in [5.74, 6) is 0.698. The van der Waals surface area contributed by atoms with Crippen LogP contribution in [0.2, 0.25) is 0 Å². The van der Waals surface area contributed by atoms with E-state index in [1.54, 1.807) is 0 Å². The van der Waals surface area contributed by atoms with Gasteiger partial charge in [0.15, 0.2) is 0 Å². The van der Waals surface area contributed by atoms with E-state index in [9.17, 15) is 5.11 Å². The summed E-state index contributed by atoms with van der Waals surface area (Å²) in [7, 11) is 0. The minimum Gasteiger partial charge on any atom is -0.395 e. The minimum absolute atomic E-state index is 0.0952. The molecule has 1 aliphatic heterocycles. The lowest BCUT2D eigenvalue weighted by molar-refractivity contribution is 0.0462. The largest absolute Gasteiger partial charge is 0.395 e. The fourth-order valence-electron chi connectivity index (χ4n) is 1.82. The minimum atomic E-state index is -0.0952. The Bertz CT molecular complexity index is 161. The molecule has 13 heavy (non-hydrogen) atoms. The molecule has 0 bridgehead atoms. The number of hydrogen-bond acceptors (Lipinski definition) is 2. The van der Waals surface area contributed by atoms with Crippen LogP contribution in [-0.2, 0) is 4.74 Å². The predicted octanol–water partition coefficient (Wildman–Crippen LogP) is 1.99. The van der Waals surface area contributed by atoms with Crippen LogP contribution in [0, 0.1) is 11.3 Å². The summed E-state index contributed by atoms with van der Waals surface area (Å²) in [5.41, 5.74) is -0.0952. The molecular formula is C11H20O2. The summed E-state index contributed by atoms with van der Waals surface area (Å²) < 4.78 is 5.29. The molecule has 1 saturated heterocycles. The van der Waals surface area contributed by atoms with Crippen molar-refractivity contribution in [3.8, 4) is 0 Å². The van der Waals surface area contributed by atoms with E-state index in [4.69, 9.17) is 4.74 Å². The quantitative estimate of drug-likeness (QED) is 0.677. The molecule has 2 nitrogen and oxygen atoms in total. The zero-order valence-corrected chi connectivity index (χ0v) is 8.46. The fourth-order valence-corrected chi connectivity index (χ4v) is 1.82. The Morgan fingerprint density at radius 2 is 2.15 bits per heavy atom. The van der Waals surface area contributed by atoms with Gasteiger partial charge in [-0.15, -0.1) is 6.58 Å². The van der Waals surface area contributed by atoms with Crippen LogP contribution in [0.4, 0.5) is 0 Å². The summed E-state index contributed by atoms with van der Waals surface area (Å²) in [6.07, 6.45) is 5.17. The van der Waals surface area contributed by atoms with Crippen LogP contribution >= 0.6 is 0 Å². The topological polar surface area (TPSA) is 29.5 Å². The zero-order valence-electron chi connectivity index (χ0n) is 8.46. The first kappa shape index (κ1) is 10.7. The number of rotatable bonds is 4. The Morgan fingerprint density at radius 3 is 2.62 bits per heavy atom. The van der Waals surface area contributed by atoms with E-state index in [0.29, 0.717) is 5.92 Å². The molecule has 0 amide bonds. The maximum Gasteiger partial charge on any atom is 0.0519 e. The first-order valence-corrected chi connectivity index (χ1v) is 5.02. The first-order chi connectivity index (χ1) is 6.20. The van der Waals surface area contributed by atoms with Crippen molar-refractivity contribution in [3.05, 3.63) is 12.7 Å². The van der Waals surface area contributed by atoms with Gasteiger partial charge in [-0.05, 0) is 25.2 Å². The molecule has 0 spiro atoms. The van der Waals surface area contributed by atoms with Gasteiger partial charge in [0, 0.05) is 18.6 Å². The normalized spacial score (nSPS) is 23.8. The van der Waals surface area contributed by atoms with Crippen molar-refractivity contribution in [1.29, 1.82) is 0 Å². The number of ether oxygens (including phenoxy) is 1. The summed E-state index contributed by atoms with van der Waals surface area (Å²) in [5, 5.41) is 9.21. The predicted molar refractivity (Wildman–Crippen MR) is 53.5 cm³/mol. The highest BCUT2D eigenvalue weighted by atomic mass is 16.5. The second-order valence-electron chi connectivity index (χ2n) is 4.28. The SMILES string of the molecule is C=CC(C)(CO)CC1CCOCC1. The molecule has 0 aromatic heterocycles. The van der Waals surface area contributed by atoms with Gasteiger partial charge in [0.05, 0.1) is 6.61 Å². The summed E-state index contributed by atoms with van der Waals surface area (Å²) in [6, 6.07) is 0. The van der Waals surface area contributed by atoms with Crippen molar-refractivity contribution in [2.24, 2.45) is 11.3 Å². The molecule has 0 saturated carbocycles. The molecule has 0 aromatic rings. The van der Waals surface area contributed by atoms with E-state index in [-0.39, 0.29) is 12.0 Å². The molecule has 0 aliphatic carbocycles. The van der Waals surface area contributed by atoms with Crippen molar-refractivity contribution in [3.63, 3.8) is 0 Å². The number of aliphatic hydroxyl groups is 1. The second-order valence-corrected chi connectivity index (χ2v) is 4.28. The Morgan fingerprint density at radius 1 is 1.54 bits per heavy atom. The molecule has 1 aliphatic rings. The molecule has 1 fully saturated rings. The second kappa shape index (κ2) is 4.77. The van der Waals surface area contributed by atoms with Crippen molar-refractivity contribution in [2.45, 2.75) is 26.2 Å². The Balaban J connectivity index is 2.40. The Kier molecular flexibility index (Phi) is 3.94. The smallest absolute Gasteiger partial charge is 0.0519 e. The summed E-state index contributed by atoms with van der Waals surface area (Å²) >= 11 is 0. The van der Waals surface area contributed by atoms with Crippen molar-refractivity contribution >= 4 is 0 Å². The molecular weight excluding hydrogens is 164 g/mol. The first-order valence-electron chi connectivity index (χ1n) is 5.02. The third-order valence-electron chi connectivity index (χ3n) is 2.95. The van der Waals surface area contributed by atoms with E-state index in [1.807, 2.05) is 6.08 Å². The van der Waals surface area contributed by atoms with Gasteiger partial charge < -0.3 is 9.84 Å². The lowest BCUT2D eigenvalue weighted by Gasteiger charge is -2.30. The third-order valence-corrected chi connectivity index (χ3v) is 2.95. The van der Waals surface area contributed by atoms with E-state index in [1.165, 1.54) is 0 Å². The third kappa shape index (κ3) is 3.12. The van der Waals surface area contributed by atoms with Gasteiger partial charge in [-0.2, -0.15) is 0 Å². The molecule has 1 atom stereocenters. The molecule has 0 radical (unpaired) electrons. The van der Waals surface area contributed by atoms with Gasteiger partial charge in [0.2, 0.25) is 0 Å². The molecule has 1 heterocycles. The van der Waals surface area contributed by atoms with Crippen molar-refractivity contribution in [1.82, 2.24) is 0 Å². The molecule has 1 rings (SSSR count). The zero-order chi connectivity index (χ0) is 9.73. The molecule has 1 N–H and O–H groups in total. The van der Waals surface area contributed by atoms with Gasteiger partial charge in [0.1, 0.15) is 0 Å². The van der Waals surface area contributed by atoms with Crippen LogP contribution in [0.1, 0.15) is 26.2 Å². The average molecular weight is 184 g/mol. The van der Waals surface area contributed by atoms with Crippen LogP contribution in [0.3, 0.4) is 0 Å². The van der Waals surface area contributed by atoms with Gasteiger partial charge in [-0.3, -0.25) is 0 Å². The Hall–Kier alpha value is -0.340. The average Bonchev–Trinajstić information content (AvgIpc) is 2.19. The maximum atomic E-state index is 9.21. The lowest BCUT2D eigenvalue weighted by Crippen LogP contribution is -2.26. The number of aliphatic hydroxyl groups excluding tert-OH is 1. The lowest BCUT2D eigenvalue weighted by atomic mass is 9.79. The van der Waals surface area contributed by atoms with E-state index in [2.05, 4.69) is 13.5 Å². The number of hydrogen-bond donors (Lipinski definition) is 1. The fraction of sp³-hybridized carbons (Fsp3) is 0.818. The highest BCUT2D eigenvalue weighted by Gasteiger charge is 2.25. The summed E-state index contributed by atoms with van der Waals surface area (Å²) in [4.78, 5) is 0. The molecule has 76 valence electrons. The highest BCUT2D eigenvalue weighted by molar-refractivity contribution is 4.92. The molecule has 0 aromatic carbocycles. The van der Waals surface area contributed by atoms with Gasteiger partial charge in [-0.1, -0.05) is 13.0 Å². The van der Waals surface area contributed by atoms with Crippen LogP contribution in [0.25, 0.3) is 0 Å². The standard InChI is InChI=1S/C11H20O2/c1-3-11(2,9-12)8-10-4-6-13-7-5-10/h3,10,12H,1,4-9H2,2H3. The van der Waals surface area contributed by atoms with Crippen LogP contribution < -0.4 is 0 Å². The molecule has 2 heteroatoms. The van der Waals surface area contributed by atoms with Gasteiger partial charge in [0.25, 0.3) is 0 Å². The Labute approximate surface area is 80.6 Å². The van der Waals surface area contributed by atoms with Crippen molar-refractivity contribution < 1.29 is 9.84 Å². The summed E-state index contributed by atoms with van der Waals surface area (Å²) in [6.45, 7) is 7.80. The monoisotopic (exact) mass is 184 g/mol. The van der Waals surface area contributed by atoms with Crippen molar-refractivity contribution in [2.75, 3.05) is 19.8 Å². The van der Waals surface area contributed by atoms with E-state index < -0.39 is 0 Å². The van der Waals surface area contributed by atoms with Crippen LogP contribution in [-0.4, -0.2) is 24.9 Å². The van der Waals surface area contributed by atoms with E-state index in [0.717, 1.165) is 32.5 Å². The van der Waals surface area contributed by atoms with Crippen LogP contribution in [0.5, 0.6) is 0 Å². The van der Waals surface area contributed by atoms with Crippen LogP contribution in [0.15, 0.2) is 12.7 Å². The molecule has 1 unspecified atom stereocenters. The van der Waals surface area contributed by atoms with E-state index >= 15 is 0 Å². The van der Waals surface area contributed by atoms with Gasteiger partial charge in [-0.25, -0.2) is 0 Å². The maximum absolute atomic E-state index is 9.21. The highest BCUT2D eigenvalue weighted by Crippen LogP contribution is 2.31.